The molecule has 3 aromatic rings. The third kappa shape index (κ3) is 3.11. The summed E-state index contributed by atoms with van der Waals surface area (Å²) in [7, 11) is 0. The van der Waals surface area contributed by atoms with Crippen LogP contribution in [0.3, 0.4) is 0 Å². The number of H-pyrrole nitrogens is 1. The Bertz CT molecular complexity index is 974. The van der Waals surface area contributed by atoms with Gasteiger partial charge in [0, 0.05) is 30.8 Å². The highest BCUT2D eigenvalue weighted by molar-refractivity contribution is 5.93. The van der Waals surface area contributed by atoms with Crippen LogP contribution in [0.1, 0.15) is 47.4 Å². The van der Waals surface area contributed by atoms with Crippen molar-refractivity contribution in [2.75, 3.05) is 13.1 Å². The van der Waals surface area contributed by atoms with Crippen LogP contribution in [0.5, 0.6) is 0 Å². The first-order chi connectivity index (χ1) is 13.2. The van der Waals surface area contributed by atoms with Crippen LogP contribution in [-0.4, -0.2) is 49.1 Å². The summed E-state index contributed by atoms with van der Waals surface area (Å²) in [5.41, 5.74) is 2.89. The van der Waals surface area contributed by atoms with E-state index in [1.165, 1.54) is 25.0 Å². The van der Waals surface area contributed by atoms with Crippen LogP contribution in [0, 0.1) is 5.82 Å². The highest BCUT2D eigenvalue weighted by Crippen LogP contribution is 2.39. The summed E-state index contributed by atoms with van der Waals surface area (Å²) in [6.07, 6.45) is 5.28. The van der Waals surface area contributed by atoms with Gasteiger partial charge >= 0.3 is 0 Å². The predicted octanol–water partition coefficient (Wildman–Crippen LogP) is 2.77. The van der Waals surface area contributed by atoms with Crippen LogP contribution in [0.2, 0.25) is 0 Å². The average Bonchev–Trinajstić information content (AvgIpc) is 3.10. The van der Waals surface area contributed by atoms with Gasteiger partial charge in [-0.1, -0.05) is 5.21 Å². The maximum absolute atomic E-state index is 13.1. The summed E-state index contributed by atoms with van der Waals surface area (Å²) in [5.74, 6) is 0.195. The minimum Gasteiger partial charge on any atom is -0.335 e. The highest BCUT2D eigenvalue weighted by atomic mass is 19.1. The number of nitrogens with zero attached hydrogens (tertiary/aromatic N) is 5. The van der Waals surface area contributed by atoms with Crippen molar-refractivity contribution in [1.29, 1.82) is 0 Å². The first kappa shape index (κ1) is 16.2. The minimum absolute atomic E-state index is 0.0825. The second kappa shape index (κ2) is 6.29. The van der Waals surface area contributed by atoms with Crippen molar-refractivity contribution in [3.8, 4) is 11.3 Å². The lowest BCUT2D eigenvalue weighted by Gasteiger charge is -2.15. The van der Waals surface area contributed by atoms with Crippen LogP contribution in [0.4, 0.5) is 4.39 Å². The topological polar surface area (TPSA) is 79.7 Å². The number of hydrogen-bond donors (Lipinski definition) is 1. The Morgan fingerprint density at radius 1 is 1.19 bits per heavy atom. The van der Waals surface area contributed by atoms with Crippen LogP contribution in [0.25, 0.3) is 11.3 Å². The van der Waals surface area contributed by atoms with Gasteiger partial charge in [0.1, 0.15) is 11.5 Å². The van der Waals surface area contributed by atoms with Crippen molar-refractivity contribution in [1.82, 2.24) is 30.1 Å². The molecule has 2 aliphatic rings. The molecule has 27 heavy (non-hydrogen) atoms. The molecular weight excluding hydrogens is 347 g/mol. The van der Waals surface area contributed by atoms with Crippen molar-refractivity contribution in [3.05, 3.63) is 53.7 Å². The lowest BCUT2D eigenvalue weighted by Crippen LogP contribution is -2.29. The van der Waals surface area contributed by atoms with E-state index in [4.69, 9.17) is 0 Å². The van der Waals surface area contributed by atoms with E-state index in [1.54, 1.807) is 18.2 Å². The zero-order chi connectivity index (χ0) is 18.4. The lowest BCUT2D eigenvalue weighted by molar-refractivity contribution is 0.0781. The summed E-state index contributed by atoms with van der Waals surface area (Å²) in [6, 6.07) is 7.92. The molecule has 1 N–H and O–H groups in total. The number of carbonyl (C=O) groups is 1. The summed E-state index contributed by atoms with van der Waals surface area (Å²) in [4.78, 5) is 14.6. The Balaban J connectivity index is 1.28. The summed E-state index contributed by atoms with van der Waals surface area (Å²) >= 11 is 0. The zero-order valence-corrected chi connectivity index (χ0v) is 14.7. The fraction of sp³-hybridized carbons (Fsp3) is 0.368. The largest absolute Gasteiger partial charge is 0.335 e. The van der Waals surface area contributed by atoms with Gasteiger partial charge < -0.3 is 4.90 Å². The number of carbonyl (C=O) groups excluding carboxylic acids is 1. The quantitative estimate of drug-likeness (QED) is 0.770. The SMILES string of the molecule is O=C(c1cc(-c2ccc(F)cc2)n[nH]1)N1CCC(n2cc(C3CC3)nn2)C1. The smallest absolute Gasteiger partial charge is 0.271 e. The molecular formula is C19H19FN6O. The molecule has 1 aliphatic carbocycles. The molecule has 1 unspecified atom stereocenters. The van der Waals surface area contributed by atoms with E-state index in [9.17, 15) is 9.18 Å². The van der Waals surface area contributed by atoms with Crippen LogP contribution in [-0.2, 0) is 0 Å². The van der Waals surface area contributed by atoms with E-state index in [-0.39, 0.29) is 17.8 Å². The Hall–Kier alpha value is -3.03. The van der Waals surface area contributed by atoms with Crippen LogP contribution in [0.15, 0.2) is 36.5 Å². The number of amides is 1. The molecule has 0 bridgehead atoms. The van der Waals surface area contributed by atoms with Crippen molar-refractivity contribution < 1.29 is 9.18 Å². The first-order valence-electron chi connectivity index (χ1n) is 9.20. The second-order valence-electron chi connectivity index (χ2n) is 7.27. The Labute approximate surface area is 155 Å². The molecule has 1 saturated carbocycles. The van der Waals surface area contributed by atoms with Crippen molar-refractivity contribution in [3.63, 3.8) is 0 Å². The van der Waals surface area contributed by atoms with Crippen molar-refractivity contribution >= 4 is 5.91 Å². The molecule has 0 radical (unpaired) electrons. The normalized spacial score (nSPS) is 19.6. The summed E-state index contributed by atoms with van der Waals surface area (Å²) < 4.78 is 15.0. The second-order valence-corrected chi connectivity index (χ2v) is 7.27. The highest BCUT2D eigenvalue weighted by Gasteiger charge is 2.32. The fourth-order valence-corrected chi connectivity index (χ4v) is 3.55. The van der Waals surface area contributed by atoms with Gasteiger partial charge in [0.2, 0.25) is 0 Å². The third-order valence-electron chi connectivity index (χ3n) is 5.30. The number of benzene rings is 1. The standard InChI is InChI=1S/C19H19FN6O/c20-14-5-3-12(4-6-14)16-9-17(22-21-16)19(27)25-8-7-15(10-25)26-11-18(23-24-26)13-1-2-13/h3-6,9,11,13,15H,1-2,7-8,10H2,(H,21,22). The molecule has 2 aromatic heterocycles. The maximum Gasteiger partial charge on any atom is 0.271 e. The average molecular weight is 366 g/mol. The van der Waals surface area contributed by atoms with Gasteiger partial charge in [-0.15, -0.1) is 5.10 Å². The summed E-state index contributed by atoms with van der Waals surface area (Å²) in [6.45, 7) is 1.28. The number of hydrogen-bond acceptors (Lipinski definition) is 4. The van der Waals surface area contributed by atoms with Gasteiger partial charge in [-0.05, 0) is 49.6 Å². The molecule has 1 aliphatic heterocycles. The molecule has 7 nitrogen and oxygen atoms in total. The van der Waals surface area contributed by atoms with Gasteiger partial charge in [-0.2, -0.15) is 5.10 Å². The number of aromatic amines is 1. The van der Waals surface area contributed by atoms with E-state index in [0.717, 1.165) is 17.7 Å². The predicted molar refractivity (Wildman–Crippen MR) is 95.5 cm³/mol. The van der Waals surface area contributed by atoms with Crippen molar-refractivity contribution in [2.24, 2.45) is 0 Å². The van der Waals surface area contributed by atoms with Gasteiger partial charge in [-0.3, -0.25) is 9.89 Å². The molecule has 8 heteroatoms. The number of rotatable bonds is 4. The van der Waals surface area contributed by atoms with E-state index in [1.807, 2.05) is 15.8 Å². The molecule has 5 rings (SSSR count). The number of halogens is 1. The third-order valence-corrected chi connectivity index (χ3v) is 5.30. The minimum atomic E-state index is -0.299. The van der Waals surface area contributed by atoms with Crippen LogP contribution >= 0.6 is 0 Å². The fourth-order valence-electron chi connectivity index (χ4n) is 3.55. The first-order valence-corrected chi connectivity index (χ1v) is 9.20. The zero-order valence-electron chi connectivity index (χ0n) is 14.7. The Morgan fingerprint density at radius 3 is 2.78 bits per heavy atom. The van der Waals surface area contributed by atoms with Gasteiger partial charge in [-0.25, -0.2) is 9.07 Å². The van der Waals surface area contributed by atoms with E-state index >= 15 is 0 Å². The van der Waals surface area contributed by atoms with E-state index in [0.29, 0.717) is 30.4 Å². The number of nitrogens with one attached hydrogen (secondary N) is 1. The van der Waals surface area contributed by atoms with Crippen LogP contribution < -0.4 is 0 Å². The summed E-state index contributed by atoms with van der Waals surface area (Å²) in [5, 5.41) is 15.5. The monoisotopic (exact) mass is 366 g/mol. The molecule has 1 amide bonds. The number of aromatic nitrogens is 5. The molecule has 2 fully saturated rings. The molecule has 1 aromatic carbocycles. The Kier molecular flexibility index (Phi) is 3.77. The van der Waals surface area contributed by atoms with Crippen molar-refractivity contribution in [2.45, 2.75) is 31.2 Å². The van der Waals surface area contributed by atoms with Gasteiger partial charge in [0.25, 0.3) is 5.91 Å². The lowest BCUT2D eigenvalue weighted by atomic mass is 10.1. The van der Waals surface area contributed by atoms with Gasteiger partial charge in [0.15, 0.2) is 0 Å². The van der Waals surface area contributed by atoms with E-state index in [2.05, 4.69) is 20.5 Å². The molecule has 0 spiro atoms. The Morgan fingerprint density at radius 2 is 2.00 bits per heavy atom. The number of likely N-dealkylation sites (tertiary alicyclic amines) is 1. The molecule has 3 heterocycles. The molecule has 1 saturated heterocycles. The van der Waals surface area contributed by atoms with E-state index < -0.39 is 0 Å². The van der Waals surface area contributed by atoms with Gasteiger partial charge in [0.05, 0.1) is 17.4 Å². The molecule has 1 atom stereocenters. The molecule has 138 valence electrons. The maximum atomic E-state index is 13.1.